The topological polar surface area (TPSA) is 102 Å². The molecule has 0 saturated carbocycles. The zero-order valence-electron chi connectivity index (χ0n) is 18.6. The number of nitrogens with one attached hydrogen (secondary N) is 2. The molecule has 0 atom stereocenters. The van der Waals surface area contributed by atoms with Crippen LogP contribution >= 0.6 is 23.1 Å². The van der Waals surface area contributed by atoms with Gasteiger partial charge >= 0.3 is 0 Å². The highest BCUT2D eigenvalue weighted by Crippen LogP contribution is 2.38. The summed E-state index contributed by atoms with van der Waals surface area (Å²) in [4.78, 5) is 27.0. The van der Waals surface area contributed by atoms with Crippen molar-refractivity contribution < 1.29 is 19.1 Å². The first-order valence-corrected chi connectivity index (χ1v) is 12.4. The van der Waals surface area contributed by atoms with Gasteiger partial charge in [-0.25, -0.2) is 0 Å². The molecule has 174 valence electrons. The first kappa shape index (κ1) is 23.3. The summed E-state index contributed by atoms with van der Waals surface area (Å²) in [5.41, 5.74) is 3.81. The van der Waals surface area contributed by atoms with Crippen molar-refractivity contribution in [2.24, 2.45) is 0 Å². The van der Waals surface area contributed by atoms with Crippen LogP contribution in [-0.4, -0.2) is 40.8 Å². The minimum absolute atomic E-state index is 0.169. The fourth-order valence-electron chi connectivity index (χ4n) is 3.66. The highest BCUT2D eigenvalue weighted by Gasteiger charge is 2.26. The van der Waals surface area contributed by atoms with E-state index in [-0.39, 0.29) is 11.8 Å². The highest BCUT2D eigenvalue weighted by atomic mass is 32.1. The second kappa shape index (κ2) is 10.9. The summed E-state index contributed by atoms with van der Waals surface area (Å²) in [6.07, 6.45) is 3.94. The standard InChI is InChI=1S/C23H26N4O4S2/c1-14-18(27-33-26-14)13-31-16-9-7-15(8-10-16)21(28)25-23-20(22(29)24-11-12-30-2)17-5-3-4-6-19(17)32-23/h7-10H,3-6,11-13H2,1-2H3,(H,24,29)(H,25,28). The molecule has 0 saturated heterocycles. The van der Waals surface area contributed by atoms with Gasteiger partial charge in [0.05, 0.1) is 29.6 Å². The number of aryl methyl sites for hydroxylation is 2. The number of aromatic nitrogens is 2. The van der Waals surface area contributed by atoms with Crippen molar-refractivity contribution in [2.45, 2.75) is 39.2 Å². The van der Waals surface area contributed by atoms with Gasteiger partial charge in [-0.05, 0) is 62.4 Å². The van der Waals surface area contributed by atoms with E-state index in [1.54, 1.807) is 31.4 Å². The average Bonchev–Trinajstić information content (AvgIpc) is 3.40. The van der Waals surface area contributed by atoms with Gasteiger partial charge in [0.1, 0.15) is 23.1 Å². The molecule has 0 bridgehead atoms. The van der Waals surface area contributed by atoms with Crippen molar-refractivity contribution in [1.29, 1.82) is 0 Å². The molecule has 0 aliphatic heterocycles. The molecule has 1 aliphatic rings. The zero-order chi connectivity index (χ0) is 23.2. The Labute approximate surface area is 200 Å². The zero-order valence-corrected chi connectivity index (χ0v) is 20.2. The second-order valence-electron chi connectivity index (χ2n) is 7.73. The molecule has 1 aliphatic carbocycles. The third-order valence-electron chi connectivity index (χ3n) is 5.46. The highest BCUT2D eigenvalue weighted by molar-refractivity contribution is 7.17. The number of hydrogen-bond donors (Lipinski definition) is 2. The van der Waals surface area contributed by atoms with Crippen molar-refractivity contribution >= 4 is 39.9 Å². The molecule has 0 spiro atoms. The molecule has 2 N–H and O–H groups in total. The van der Waals surface area contributed by atoms with E-state index >= 15 is 0 Å². The van der Waals surface area contributed by atoms with E-state index < -0.39 is 0 Å². The van der Waals surface area contributed by atoms with E-state index in [9.17, 15) is 9.59 Å². The maximum Gasteiger partial charge on any atom is 0.256 e. The van der Waals surface area contributed by atoms with Crippen molar-refractivity contribution in [3.05, 3.63) is 57.2 Å². The predicted octanol–water partition coefficient (Wildman–Crippen LogP) is 3.99. The van der Waals surface area contributed by atoms with Gasteiger partial charge in [-0.15, -0.1) is 11.3 Å². The van der Waals surface area contributed by atoms with Crippen molar-refractivity contribution in [2.75, 3.05) is 25.6 Å². The molecule has 4 rings (SSSR count). The van der Waals surface area contributed by atoms with Crippen LogP contribution in [0.4, 0.5) is 5.00 Å². The number of benzene rings is 1. The van der Waals surface area contributed by atoms with Gasteiger partial charge in [0.25, 0.3) is 11.8 Å². The molecule has 10 heteroatoms. The number of amides is 2. The lowest BCUT2D eigenvalue weighted by Crippen LogP contribution is -2.28. The molecule has 1 aromatic carbocycles. The number of carbonyl (C=O) groups excluding carboxylic acids is 2. The Kier molecular flexibility index (Phi) is 7.69. The Balaban J connectivity index is 1.45. The molecule has 33 heavy (non-hydrogen) atoms. The molecule has 2 heterocycles. The summed E-state index contributed by atoms with van der Waals surface area (Å²) < 4.78 is 19.1. The van der Waals surface area contributed by atoms with Crippen molar-refractivity contribution in [3.63, 3.8) is 0 Å². The smallest absolute Gasteiger partial charge is 0.256 e. The maximum atomic E-state index is 12.9. The van der Waals surface area contributed by atoms with Crippen LogP contribution in [0, 0.1) is 6.92 Å². The van der Waals surface area contributed by atoms with Gasteiger partial charge in [-0.3, -0.25) is 9.59 Å². The quantitative estimate of drug-likeness (QED) is 0.443. The minimum atomic E-state index is -0.259. The number of anilines is 1. The van der Waals surface area contributed by atoms with Crippen LogP contribution in [0.3, 0.4) is 0 Å². The molecule has 8 nitrogen and oxygen atoms in total. The minimum Gasteiger partial charge on any atom is -0.487 e. The van der Waals surface area contributed by atoms with E-state index in [1.807, 2.05) is 6.92 Å². The molecule has 2 amide bonds. The van der Waals surface area contributed by atoms with Crippen molar-refractivity contribution in [1.82, 2.24) is 14.1 Å². The largest absolute Gasteiger partial charge is 0.487 e. The number of fused-ring (bicyclic) bond motifs is 1. The van der Waals surface area contributed by atoms with Gasteiger partial charge in [0.2, 0.25) is 0 Å². The molecule has 2 aromatic heterocycles. The van der Waals surface area contributed by atoms with E-state index in [1.165, 1.54) is 16.2 Å². The Hall–Kier alpha value is -2.82. The summed E-state index contributed by atoms with van der Waals surface area (Å²) in [5, 5.41) is 6.46. The first-order chi connectivity index (χ1) is 16.1. The predicted molar refractivity (Wildman–Crippen MR) is 129 cm³/mol. The number of carbonyl (C=O) groups is 2. The van der Waals surface area contributed by atoms with Gasteiger partial charge in [-0.1, -0.05) is 0 Å². The number of ether oxygens (including phenoxy) is 2. The van der Waals surface area contributed by atoms with Crippen LogP contribution < -0.4 is 15.4 Å². The summed E-state index contributed by atoms with van der Waals surface area (Å²) >= 11 is 2.66. The van der Waals surface area contributed by atoms with E-state index in [4.69, 9.17) is 9.47 Å². The fraction of sp³-hybridized carbons (Fsp3) is 0.391. The van der Waals surface area contributed by atoms with Crippen molar-refractivity contribution in [3.8, 4) is 5.75 Å². The molecular weight excluding hydrogens is 460 g/mol. The number of hydrogen-bond acceptors (Lipinski definition) is 8. The Morgan fingerprint density at radius 2 is 1.88 bits per heavy atom. The van der Waals surface area contributed by atoms with E-state index in [0.717, 1.165) is 54.4 Å². The van der Waals surface area contributed by atoms with Crippen LogP contribution in [0.15, 0.2) is 24.3 Å². The SMILES string of the molecule is COCCNC(=O)c1c(NC(=O)c2ccc(OCc3nsnc3C)cc2)sc2c1CCCC2. The Bertz CT molecular complexity index is 1120. The summed E-state index contributed by atoms with van der Waals surface area (Å²) in [6, 6.07) is 6.93. The van der Waals surface area contributed by atoms with E-state index in [0.29, 0.717) is 41.6 Å². The number of nitrogens with zero attached hydrogens (tertiary/aromatic N) is 2. The number of rotatable bonds is 9. The second-order valence-corrected chi connectivity index (χ2v) is 9.36. The van der Waals surface area contributed by atoms with E-state index in [2.05, 4.69) is 19.4 Å². The van der Waals surface area contributed by atoms with Gasteiger partial charge in [0, 0.05) is 24.1 Å². The van der Waals surface area contributed by atoms with Crippen LogP contribution in [0.5, 0.6) is 5.75 Å². The summed E-state index contributed by atoms with van der Waals surface area (Å²) in [6.45, 7) is 3.08. The van der Waals surface area contributed by atoms with Crippen LogP contribution in [0.25, 0.3) is 0 Å². The summed E-state index contributed by atoms with van der Waals surface area (Å²) in [5.74, 6) is 0.215. The number of thiophene rings is 1. The third-order valence-corrected chi connectivity index (χ3v) is 7.32. The lowest BCUT2D eigenvalue weighted by Gasteiger charge is -2.13. The molecule has 0 fully saturated rings. The third kappa shape index (κ3) is 5.58. The lowest BCUT2D eigenvalue weighted by atomic mass is 9.95. The number of methoxy groups -OCH3 is 1. The fourth-order valence-corrected chi connectivity index (χ4v) is 5.49. The normalized spacial score (nSPS) is 12.8. The molecule has 0 unspecified atom stereocenters. The van der Waals surface area contributed by atoms with Crippen LogP contribution in [-0.2, 0) is 24.2 Å². The average molecular weight is 487 g/mol. The Morgan fingerprint density at radius 3 is 2.61 bits per heavy atom. The molecular formula is C23H26N4O4S2. The monoisotopic (exact) mass is 486 g/mol. The lowest BCUT2D eigenvalue weighted by molar-refractivity contribution is 0.0937. The van der Waals surface area contributed by atoms with Crippen LogP contribution in [0.1, 0.15) is 55.4 Å². The first-order valence-electron chi connectivity index (χ1n) is 10.8. The van der Waals surface area contributed by atoms with Crippen LogP contribution in [0.2, 0.25) is 0 Å². The van der Waals surface area contributed by atoms with Gasteiger partial charge < -0.3 is 20.1 Å². The maximum absolute atomic E-state index is 12.9. The summed E-state index contributed by atoms with van der Waals surface area (Å²) in [7, 11) is 1.60. The molecule has 0 radical (unpaired) electrons. The van der Waals surface area contributed by atoms with Gasteiger partial charge in [0.15, 0.2) is 0 Å². The van der Waals surface area contributed by atoms with Gasteiger partial charge in [-0.2, -0.15) is 8.75 Å². The molecule has 3 aromatic rings. The Morgan fingerprint density at radius 1 is 1.09 bits per heavy atom.